The number of pyridine rings is 1. The Labute approximate surface area is 104 Å². The zero-order valence-electron chi connectivity index (χ0n) is 9.80. The van der Waals surface area contributed by atoms with Crippen molar-refractivity contribution in [3.63, 3.8) is 0 Å². The van der Waals surface area contributed by atoms with E-state index in [2.05, 4.69) is 21.5 Å². The molecule has 0 radical (unpaired) electrons. The second kappa shape index (κ2) is 6.25. The van der Waals surface area contributed by atoms with Crippen molar-refractivity contribution < 1.29 is 14.7 Å². The van der Waals surface area contributed by atoms with Crippen LogP contribution in [0.1, 0.15) is 16.9 Å². The molecule has 0 aromatic carbocycles. The van der Waals surface area contributed by atoms with Crippen LogP contribution in [0.5, 0.6) is 0 Å². The van der Waals surface area contributed by atoms with E-state index in [4.69, 9.17) is 11.5 Å². The largest absolute Gasteiger partial charge is 0.480 e. The lowest BCUT2D eigenvalue weighted by atomic mass is 10.2. The highest BCUT2D eigenvalue weighted by atomic mass is 16.4. The van der Waals surface area contributed by atoms with Gasteiger partial charge >= 0.3 is 5.97 Å². The van der Waals surface area contributed by atoms with E-state index in [1.807, 2.05) is 0 Å². The summed E-state index contributed by atoms with van der Waals surface area (Å²) < 4.78 is 0. The van der Waals surface area contributed by atoms with Gasteiger partial charge in [0.2, 0.25) is 0 Å². The van der Waals surface area contributed by atoms with Gasteiger partial charge in [0.25, 0.3) is 5.91 Å². The molecule has 0 aliphatic rings. The highest BCUT2D eigenvalue weighted by molar-refractivity contribution is 5.93. The van der Waals surface area contributed by atoms with Gasteiger partial charge < -0.3 is 15.7 Å². The number of aliphatic carboxylic acids is 1. The average Bonchev–Trinajstić information content (AvgIpc) is 2.37. The van der Waals surface area contributed by atoms with E-state index in [9.17, 15) is 9.59 Å². The molecule has 6 heteroatoms. The molecule has 0 aliphatic carbocycles. The first kappa shape index (κ1) is 13.5. The molecule has 0 fully saturated rings. The van der Waals surface area contributed by atoms with Crippen LogP contribution in [-0.4, -0.2) is 35.1 Å². The van der Waals surface area contributed by atoms with E-state index in [0.29, 0.717) is 5.69 Å². The van der Waals surface area contributed by atoms with Crippen LogP contribution < -0.4 is 10.6 Å². The summed E-state index contributed by atoms with van der Waals surface area (Å²) in [6.07, 6.45) is 6.56. The maximum absolute atomic E-state index is 11.4. The number of hydrogen-bond donors (Lipinski definition) is 3. The van der Waals surface area contributed by atoms with Gasteiger partial charge in [-0.3, -0.25) is 9.78 Å². The van der Waals surface area contributed by atoms with Gasteiger partial charge in [0.15, 0.2) is 0 Å². The van der Waals surface area contributed by atoms with Crippen LogP contribution >= 0.6 is 0 Å². The smallest absolute Gasteiger partial charge is 0.327 e. The fourth-order valence-electron chi connectivity index (χ4n) is 1.29. The fourth-order valence-corrected chi connectivity index (χ4v) is 1.29. The normalized spacial score (nSPS) is 11.1. The van der Waals surface area contributed by atoms with Crippen molar-refractivity contribution in [1.82, 2.24) is 10.3 Å². The van der Waals surface area contributed by atoms with Gasteiger partial charge in [-0.2, -0.15) is 0 Å². The molecule has 6 nitrogen and oxygen atoms in total. The van der Waals surface area contributed by atoms with E-state index < -0.39 is 12.0 Å². The summed E-state index contributed by atoms with van der Waals surface area (Å²) in [5.41, 5.74) is 0.679. The molecule has 0 saturated heterocycles. The molecule has 1 aromatic rings. The highest BCUT2D eigenvalue weighted by Gasteiger charge is 2.16. The minimum absolute atomic E-state index is 0.0486. The molecule has 0 aliphatic heterocycles. The number of carboxylic acid groups (broad SMARTS) is 1. The maximum Gasteiger partial charge on any atom is 0.327 e. The molecule has 1 atom stereocenters. The minimum atomic E-state index is -1.05. The van der Waals surface area contributed by atoms with Crippen molar-refractivity contribution >= 4 is 17.6 Å². The molecule has 1 unspecified atom stereocenters. The summed E-state index contributed by atoms with van der Waals surface area (Å²) >= 11 is 0. The van der Waals surface area contributed by atoms with E-state index in [1.54, 1.807) is 6.07 Å². The number of hydrogen-bond acceptors (Lipinski definition) is 4. The monoisotopic (exact) mass is 247 g/mol. The van der Waals surface area contributed by atoms with E-state index in [1.165, 1.54) is 19.3 Å². The number of carboxylic acids is 1. The molecule has 1 amide bonds. The zero-order valence-corrected chi connectivity index (χ0v) is 9.80. The molecular weight excluding hydrogens is 234 g/mol. The first-order valence-electron chi connectivity index (χ1n) is 5.19. The van der Waals surface area contributed by atoms with Crippen LogP contribution in [0.2, 0.25) is 0 Å². The molecule has 94 valence electrons. The Bertz CT molecular complexity index is 494. The molecule has 1 aromatic heterocycles. The van der Waals surface area contributed by atoms with Gasteiger partial charge in [-0.05, 0) is 12.1 Å². The number of carbonyl (C=O) groups excluding carboxylic acids is 1. The van der Waals surface area contributed by atoms with Crippen LogP contribution in [-0.2, 0) is 4.79 Å². The number of nitrogens with one attached hydrogen (secondary N) is 2. The molecule has 1 heterocycles. The second-order valence-electron chi connectivity index (χ2n) is 3.45. The summed E-state index contributed by atoms with van der Waals surface area (Å²) in [5, 5.41) is 14.1. The van der Waals surface area contributed by atoms with Crippen molar-refractivity contribution in [3.05, 3.63) is 24.0 Å². The van der Waals surface area contributed by atoms with Crippen molar-refractivity contribution in [3.8, 4) is 12.3 Å². The number of nitrogens with zero attached hydrogens (tertiary/aromatic N) is 1. The highest BCUT2D eigenvalue weighted by Crippen LogP contribution is 2.11. The third kappa shape index (κ3) is 3.49. The summed E-state index contributed by atoms with van der Waals surface area (Å²) in [6.45, 7) is 0. The molecule has 0 saturated carbocycles. The number of anilines is 1. The summed E-state index contributed by atoms with van der Waals surface area (Å²) in [7, 11) is 1.49. The predicted molar refractivity (Wildman–Crippen MR) is 66.1 cm³/mol. The van der Waals surface area contributed by atoms with Crippen LogP contribution in [0.4, 0.5) is 5.69 Å². The lowest BCUT2D eigenvalue weighted by Gasteiger charge is -2.13. The summed E-state index contributed by atoms with van der Waals surface area (Å²) in [5.74, 6) is 0.885. The van der Waals surface area contributed by atoms with Crippen LogP contribution in [0.25, 0.3) is 0 Å². The van der Waals surface area contributed by atoms with Crippen molar-refractivity contribution in [2.75, 3.05) is 12.4 Å². The lowest BCUT2D eigenvalue weighted by molar-refractivity contribution is -0.137. The number of carbonyl (C=O) groups is 2. The number of rotatable bonds is 5. The third-order valence-corrected chi connectivity index (χ3v) is 2.18. The molecule has 1 rings (SSSR count). The van der Waals surface area contributed by atoms with Gasteiger partial charge in [0.1, 0.15) is 11.7 Å². The Morgan fingerprint density at radius 3 is 2.89 bits per heavy atom. The predicted octanol–water partition coefficient (Wildman–Crippen LogP) is 0.330. The van der Waals surface area contributed by atoms with Gasteiger partial charge in [-0.15, -0.1) is 12.3 Å². The van der Waals surface area contributed by atoms with Gasteiger partial charge in [-0.25, -0.2) is 4.79 Å². The maximum atomic E-state index is 11.4. The Hall–Kier alpha value is -2.55. The molecule has 18 heavy (non-hydrogen) atoms. The molecular formula is C12H13N3O3. The standard InChI is InChI=1S/C12H13N3O3/c1-3-4-9(12(17)18)15-8-5-6-14-10(7-8)11(16)13-2/h1,5-7,9H,4H2,2H3,(H,13,16)(H,14,15)(H,17,18). The quantitative estimate of drug-likeness (QED) is 0.652. The topological polar surface area (TPSA) is 91.3 Å². The summed E-state index contributed by atoms with van der Waals surface area (Å²) in [4.78, 5) is 26.1. The Morgan fingerprint density at radius 2 is 2.33 bits per heavy atom. The Kier molecular flexibility index (Phi) is 4.69. The van der Waals surface area contributed by atoms with Crippen molar-refractivity contribution in [1.29, 1.82) is 0 Å². The van der Waals surface area contributed by atoms with E-state index >= 15 is 0 Å². The Balaban J connectivity index is 2.87. The van der Waals surface area contributed by atoms with Crippen molar-refractivity contribution in [2.45, 2.75) is 12.5 Å². The molecule has 3 N–H and O–H groups in total. The van der Waals surface area contributed by atoms with Crippen LogP contribution in [0.3, 0.4) is 0 Å². The van der Waals surface area contributed by atoms with E-state index in [-0.39, 0.29) is 18.0 Å². The van der Waals surface area contributed by atoms with Gasteiger partial charge in [0, 0.05) is 25.4 Å². The number of amides is 1. The fraction of sp³-hybridized carbons (Fsp3) is 0.250. The average molecular weight is 247 g/mol. The number of aromatic nitrogens is 1. The first-order valence-corrected chi connectivity index (χ1v) is 5.19. The Morgan fingerprint density at radius 1 is 1.61 bits per heavy atom. The van der Waals surface area contributed by atoms with Gasteiger partial charge in [-0.1, -0.05) is 0 Å². The third-order valence-electron chi connectivity index (χ3n) is 2.18. The second-order valence-corrected chi connectivity index (χ2v) is 3.45. The van der Waals surface area contributed by atoms with Crippen LogP contribution in [0, 0.1) is 12.3 Å². The number of terminal acetylenes is 1. The lowest BCUT2D eigenvalue weighted by Crippen LogP contribution is -2.29. The zero-order chi connectivity index (χ0) is 13.5. The van der Waals surface area contributed by atoms with Gasteiger partial charge in [0.05, 0.1) is 0 Å². The van der Waals surface area contributed by atoms with Crippen LogP contribution in [0.15, 0.2) is 18.3 Å². The first-order chi connectivity index (χ1) is 8.58. The van der Waals surface area contributed by atoms with E-state index in [0.717, 1.165) is 0 Å². The minimum Gasteiger partial charge on any atom is -0.480 e. The SMILES string of the molecule is C#CCC(Nc1ccnc(C(=O)NC)c1)C(=O)O. The van der Waals surface area contributed by atoms with Crippen molar-refractivity contribution in [2.24, 2.45) is 0 Å². The molecule has 0 bridgehead atoms. The molecule has 0 spiro atoms. The summed E-state index contributed by atoms with van der Waals surface area (Å²) in [6, 6.07) is 2.14.